The molecule has 2 aliphatic rings. The van der Waals surface area contributed by atoms with Gasteiger partial charge >= 0.3 is 0 Å². The Hall–Kier alpha value is -2.85. The van der Waals surface area contributed by atoms with Crippen LogP contribution in [0.3, 0.4) is 0 Å². The standard InChI is InChI=1S/C24H29FN6O2S/c1-17-7-10-23(18-5-3-2-4-6-18)34(32,33)31(17)16-20-8-9-21(15-22(20)25)30-13-11-19(12-14-30)24-26-28-29-27-24/h2-6,8-9,15,17,19,23H,7,10-14,16H2,1H3,(H,26,27,28,29)/t17-,23?/m0/s1. The minimum absolute atomic E-state index is 0.0412. The zero-order valence-corrected chi connectivity index (χ0v) is 20.0. The van der Waals surface area contributed by atoms with Gasteiger partial charge in [-0.2, -0.15) is 4.31 Å². The van der Waals surface area contributed by atoms with E-state index in [9.17, 15) is 8.42 Å². The molecule has 1 aromatic heterocycles. The van der Waals surface area contributed by atoms with Gasteiger partial charge < -0.3 is 4.90 Å². The van der Waals surface area contributed by atoms with Crippen LogP contribution in [0.2, 0.25) is 0 Å². The van der Waals surface area contributed by atoms with Crippen molar-refractivity contribution in [2.45, 2.75) is 56.4 Å². The van der Waals surface area contributed by atoms with E-state index in [0.717, 1.165) is 49.4 Å². The minimum atomic E-state index is -3.60. The summed E-state index contributed by atoms with van der Waals surface area (Å²) in [6, 6.07) is 14.3. The van der Waals surface area contributed by atoms with E-state index in [0.29, 0.717) is 12.0 Å². The number of sulfonamides is 1. The monoisotopic (exact) mass is 484 g/mol. The second-order valence-electron chi connectivity index (χ2n) is 9.24. The molecule has 2 fully saturated rings. The van der Waals surface area contributed by atoms with Gasteiger partial charge in [-0.1, -0.05) is 36.4 Å². The van der Waals surface area contributed by atoms with Crippen LogP contribution in [-0.4, -0.2) is 52.5 Å². The van der Waals surface area contributed by atoms with E-state index < -0.39 is 15.3 Å². The average Bonchev–Trinajstić information content (AvgIpc) is 3.38. The van der Waals surface area contributed by atoms with Gasteiger partial charge in [0, 0.05) is 42.8 Å². The molecular formula is C24H29FN6O2S. The molecule has 3 heterocycles. The molecule has 0 bridgehead atoms. The summed E-state index contributed by atoms with van der Waals surface area (Å²) in [7, 11) is -3.60. The highest BCUT2D eigenvalue weighted by Gasteiger charge is 2.40. The number of nitrogens with one attached hydrogen (secondary N) is 1. The van der Waals surface area contributed by atoms with Crippen molar-refractivity contribution in [2.75, 3.05) is 18.0 Å². The molecule has 10 heteroatoms. The van der Waals surface area contributed by atoms with Crippen LogP contribution in [0.15, 0.2) is 48.5 Å². The van der Waals surface area contributed by atoms with Crippen molar-refractivity contribution in [3.63, 3.8) is 0 Å². The molecule has 2 atom stereocenters. The number of hydrogen-bond acceptors (Lipinski definition) is 6. The van der Waals surface area contributed by atoms with Crippen LogP contribution in [0.4, 0.5) is 10.1 Å². The number of aromatic nitrogens is 4. The lowest BCUT2D eigenvalue weighted by Gasteiger charge is -2.37. The predicted molar refractivity (Wildman–Crippen MR) is 127 cm³/mol. The fraction of sp³-hybridized carbons (Fsp3) is 0.458. The highest BCUT2D eigenvalue weighted by atomic mass is 32.2. The average molecular weight is 485 g/mol. The van der Waals surface area contributed by atoms with Crippen molar-refractivity contribution in [1.29, 1.82) is 0 Å². The number of H-pyrrole nitrogens is 1. The number of piperidine rings is 1. The molecule has 2 saturated heterocycles. The third kappa shape index (κ3) is 4.44. The van der Waals surface area contributed by atoms with E-state index in [1.165, 1.54) is 10.4 Å². The molecule has 8 nitrogen and oxygen atoms in total. The Labute approximate surface area is 199 Å². The Balaban J connectivity index is 1.30. The lowest BCUT2D eigenvalue weighted by atomic mass is 9.95. The molecule has 0 spiro atoms. The first-order chi connectivity index (χ1) is 16.4. The maximum absolute atomic E-state index is 15.2. The first kappa shape index (κ1) is 22.9. The van der Waals surface area contributed by atoms with Gasteiger partial charge in [0.05, 0.1) is 0 Å². The van der Waals surface area contributed by atoms with E-state index in [4.69, 9.17) is 0 Å². The SMILES string of the molecule is C[C@H]1CCC(c2ccccc2)S(=O)(=O)N1Cc1ccc(N2CCC(c3nnn[nH]3)CC2)cc1F. The molecular weight excluding hydrogens is 455 g/mol. The summed E-state index contributed by atoms with van der Waals surface area (Å²) >= 11 is 0. The summed E-state index contributed by atoms with van der Waals surface area (Å²) in [6.45, 7) is 3.50. The zero-order valence-electron chi connectivity index (χ0n) is 19.1. The second-order valence-corrected chi connectivity index (χ2v) is 11.3. The Morgan fingerprint density at radius 2 is 1.82 bits per heavy atom. The summed E-state index contributed by atoms with van der Waals surface area (Å²) in [6.07, 6.45) is 3.08. The van der Waals surface area contributed by atoms with Crippen LogP contribution in [0, 0.1) is 5.82 Å². The Morgan fingerprint density at radius 1 is 1.06 bits per heavy atom. The van der Waals surface area contributed by atoms with Crippen molar-refractivity contribution in [2.24, 2.45) is 0 Å². The van der Waals surface area contributed by atoms with Gasteiger partial charge in [-0.3, -0.25) is 0 Å². The number of rotatable bonds is 5. The molecule has 0 aliphatic carbocycles. The van der Waals surface area contributed by atoms with Crippen LogP contribution in [-0.2, 0) is 16.6 Å². The molecule has 3 aromatic rings. The van der Waals surface area contributed by atoms with Crippen LogP contribution >= 0.6 is 0 Å². The number of aromatic amines is 1. The minimum Gasteiger partial charge on any atom is -0.371 e. The van der Waals surface area contributed by atoms with E-state index in [1.54, 1.807) is 6.07 Å². The second kappa shape index (κ2) is 9.42. The number of hydrogen-bond donors (Lipinski definition) is 1. The Bertz CT molecular complexity index is 1210. The van der Waals surface area contributed by atoms with Crippen molar-refractivity contribution >= 4 is 15.7 Å². The normalized spacial score (nSPS) is 23.8. The predicted octanol–water partition coefficient (Wildman–Crippen LogP) is 3.78. The molecule has 0 radical (unpaired) electrons. The molecule has 0 amide bonds. The third-order valence-corrected chi connectivity index (χ3v) is 9.54. The number of anilines is 1. The van der Waals surface area contributed by atoms with Crippen LogP contribution in [0.1, 0.15) is 60.7 Å². The van der Waals surface area contributed by atoms with E-state index >= 15 is 4.39 Å². The fourth-order valence-corrected chi connectivity index (χ4v) is 7.32. The molecule has 34 heavy (non-hydrogen) atoms. The number of halogens is 1. The van der Waals surface area contributed by atoms with Gasteiger partial charge in [0.15, 0.2) is 5.82 Å². The summed E-state index contributed by atoms with van der Waals surface area (Å²) in [5, 5.41) is 13.6. The van der Waals surface area contributed by atoms with Crippen LogP contribution in [0.5, 0.6) is 0 Å². The molecule has 5 rings (SSSR count). The first-order valence-corrected chi connectivity index (χ1v) is 13.3. The maximum Gasteiger partial charge on any atom is 0.221 e. The fourth-order valence-electron chi connectivity index (χ4n) is 5.13. The lowest BCUT2D eigenvalue weighted by molar-refractivity contribution is 0.279. The van der Waals surface area contributed by atoms with Crippen molar-refractivity contribution in [3.8, 4) is 0 Å². The van der Waals surface area contributed by atoms with Crippen LogP contribution in [0.25, 0.3) is 0 Å². The first-order valence-electron chi connectivity index (χ1n) is 11.8. The number of nitrogens with zero attached hydrogens (tertiary/aromatic N) is 5. The molecule has 1 N–H and O–H groups in total. The van der Waals surface area contributed by atoms with Gasteiger partial charge in [-0.15, -0.1) is 5.10 Å². The van der Waals surface area contributed by atoms with E-state index in [-0.39, 0.29) is 24.3 Å². The lowest BCUT2D eigenvalue weighted by Crippen LogP contribution is -2.44. The smallest absolute Gasteiger partial charge is 0.221 e. The van der Waals surface area contributed by atoms with Gasteiger partial charge in [0.25, 0.3) is 0 Å². The maximum atomic E-state index is 15.2. The third-order valence-electron chi connectivity index (χ3n) is 7.17. The van der Waals surface area contributed by atoms with Crippen molar-refractivity contribution in [3.05, 3.63) is 71.3 Å². The van der Waals surface area contributed by atoms with E-state index in [1.807, 2.05) is 43.3 Å². The van der Waals surface area contributed by atoms with Crippen LogP contribution < -0.4 is 4.90 Å². The summed E-state index contributed by atoms with van der Waals surface area (Å²) < 4.78 is 43.6. The molecule has 180 valence electrons. The Kier molecular flexibility index (Phi) is 6.35. The Morgan fingerprint density at radius 3 is 2.50 bits per heavy atom. The number of tetrazole rings is 1. The summed E-state index contributed by atoms with van der Waals surface area (Å²) in [5.74, 6) is 0.703. The highest BCUT2D eigenvalue weighted by molar-refractivity contribution is 7.89. The molecule has 0 saturated carbocycles. The zero-order chi connectivity index (χ0) is 23.7. The molecule has 2 aliphatic heterocycles. The van der Waals surface area contributed by atoms with E-state index in [2.05, 4.69) is 25.5 Å². The van der Waals surface area contributed by atoms with Gasteiger partial charge in [0.1, 0.15) is 11.1 Å². The van der Waals surface area contributed by atoms with Gasteiger partial charge in [-0.05, 0) is 60.7 Å². The van der Waals surface area contributed by atoms with Gasteiger partial charge in [0.2, 0.25) is 10.0 Å². The largest absolute Gasteiger partial charge is 0.371 e. The van der Waals surface area contributed by atoms with Crippen molar-refractivity contribution in [1.82, 2.24) is 24.9 Å². The topological polar surface area (TPSA) is 95.1 Å². The van der Waals surface area contributed by atoms with Gasteiger partial charge in [-0.25, -0.2) is 17.9 Å². The molecule has 2 aromatic carbocycles. The quantitative estimate of drug-likeness (QED) is 0.592. The summed E-state index contributed by atoms with van der Waals surface area (Å²) in [5.41, 5.74) is 2.00. The molecule has 1 unspecified atom stereocenters. The summed E-state index contributed by atoms with van der Waals surface area (Å²) in [4.78, 5) is 2.15. The van der Waals surface area contributed by atoms with Crippen molar-refractivity contribution < 1.29 is 12.8 Å². The highest BCUT2D eigenvalue weighted by Crippen LogP contribution is 2.38. The number of benzene rings is 2.